The number of rotatable bonds is 6. The van der Waals surface area contributed by atoms with Crippen molar-refractivity contribution in [2.75, 3.05) is 6.61 Å². The van der Waals surface area contributed by atoms with Crippen molar-refractivity contribution in [3.05, 3.63) is 83.3 Å². The number of halogens is 1. The Balaban J connectivity index is 1.50. The summed E-state index contributed by atoms with van der Waals surface area (Å²) in [6.07, 6.45) is 4.91. The normalized spacial score (nSPS) is 10.8. The molecule has 3 aromatic heterocycles. The highest BCUT2D eigenvalue weighted by atomic mass is 19.1. The van der Waals surface area contributed by atoms with E-state index in [1.165, 1.54) is 28.8 Å². The van der Waals surface area contributed by atoms with Gasteiger partial charge in [-0.15, -0.1) is 0 Å². The summed E-state index contributed by atoms with van der Waals surface area (Å²) in [5.74, 6) is 0.726. The van der Waals surface area contributed by atoms with E-state index in [1.54, 1.807) is 42.9 Å². The Morgan fingerprint density at radius 2 is 1.86 bits per heavy atom. The van der Waals surface area contributed by atoms with Crippen molar-refractivity contribution in [2.45, 2.75) is 6.54 Å². The fourth-order valence-electron chi connectivity index (χ4n) is 2.62. The van der Waals surface area contributed by atoms with E-state index in [1.807, 2.05) is 0 Å². The predicted octanol–water partition coefficient (Wildman–Crippen LogP) is 3.18. The van der Waals surface area contributed by atoms with Gasteiger partial charge < -0.3 is 13.8 Å². The quantitative estimate of drug-likeness (QED) is 0.512. The highest BCUT2D eigenvalue weighted by Crippen LogP contribution is 2.19. The molecule has 140 valence electrons. The van der Waals surface area contributed by atoms with Gasteiger partial charge in [0.15, 0.2) is 0 Å². The topological polar surface area (TPSA) is 83.0 Å². The standard InChI is InChI=1S/C20H15FN4O3/c21-15-3-5-16(6-4-15)27-13-12-25-11-1-2-17(20(25)26)19-23-18(24-28-19)14-7-9-22-10-8-14/h1-11H,12-13H2. The van der Waals surface area contributed by atoms with Crippen molar-refractivity contribution >= 4 is 0 Å². The molecule has 1 aromatic carbocycles. The number of hydrogen-bond acceptors (Lipinski definition) is 6. The zero-order valence-electron chi connectivity index (χ0n) is 14.7. The van der Waals surface area contributed by atoms with E-state index in [9.17, 15) is 9.18 Å². The number of hydrogen-bond donors (Lipinski definition) is 0. The van der Waals surface area contributed by atoms with Gasteiger partial charge in [-0.1, -0.05) is 5.16 Å². The smallest absolute Gasteiger partial charge is 0.263 e. The van der Waals surface area contributed by atoms with Crippen LogP contribution in [0.15, 0.2) is 76.4 Å². The molecule has 0 N–H and O–H groups in total. The fraction of sp³-hybridized carbons (Fsp3) is 0.100. The molecule has 0 spiro atoms. The van der Waals surface area contributed by atoms with Gasteiger partial charge in [0.2, 0.25) is 5.82 Å². The van der Waals surface area contributed by atoms with Crippen molar-refractivity contribution < 1.29 is 13.7 Å². The molecule has 7 nitrogen and oxygen atoms in total. The zero-order valence-corrected chi connectivity index (χ0v) is 14.7. The van der Waals surface area contributed by atoms with E-state index in [4.69, 9.17) is 9.26 Å². The summed E-state index contributed by atoms with van der Waals surface area (Å²) in [6.45, 7) is 0.566. The average Bonchev–Trinajstić information content (AvgIpc) is 3.21. The summed E-state index contributed by atoms with van der Waals surface area (Å²) < 4.78 is 25.2. The fourth-order valence-corrected chi connectivity index (χ4v) is 2.62. The third-order valence-electron chi connectivity index (χ3n) is 4.03. The first-order valence-corrected chi connectivity index (χ1v) is 8.53. The molecule has 8 heteroatoms. The lowest BCUT2D eigenvalue weighted by Gasteiger charge is -2.08. The van der Waals surface area contributed by atoms with Gasteiger partial charge in [0, 0.05) is 24.2 Å². The zero-order chi connectivity index (χ0) is 19.3. The Kier molecular flexibility index (Phi) is 4.92. The van der Waals surface area contributed by atoms with Gasteiger partial charge in [-0.25, -0.2) is 4.39 Å². The molecule has 0 atom stereocenters. The first-order chi connectivity index (χ1) is 13.7. The van der Waals surface area contributed by atoms with Gasteiger partial charge in [-0.3, -0.25) is 9.78 Å². The van der Waals surface area contributed by atoms with Gasteiger partial charge in [-0.05, 0) is 48.5 Å². The Morgan fingerprint density at radius 3 is 2.64 bits per heavy atom. The van der Waals surface area contributed by atoms with Gasteiger partial charge >= 0.3 is 0 Å². The van der Waals surface area contributed by atoms with Gasteiger partial charge in [-0.2, -0.15) is 4.98 Å². The van der Waals surface area contributed by atoms with Crippen LogP contribution in [-0.2, 0) is 6.54 Å². The molecule has 4 rings (SSSR count). The SMILES string of the molecule is O=c1c(-c2nc(-c3ccncc3)no2)cccn1CCOc1ccc(F)cc1. The Hall–Kier alpha value is -3.81. The second-order valence-electron chi connectivity index (χ2n) is 5.88. The molecule has 0 saturated heterocycles. The number of benzene rings is 1. The molecule has 28 heavy (non-hydrogen) atoms. The number of nitrogens with zero attached hydrogens (tertiary/aromatic N) is 4. The lowest BCUT2D eigenvalue weighted by atomic mass is 10.2. The predicted molar refractivity (Wildman–Crippen MR) is 99.1 cm³/mol. The molecular formula is C20H15FN4O3. The van der Waals surface area contributed by atoms with E-state index < -0.39 is 0 Å². The van der Waals surface area contributed by atoms with Crippen molar-refractivity contribution in [3.8, 4) is 28.6 Å². The monoisotopic (exact) mass is 378 g/mol. The third-order valence-corrected chi connectivity index (χ3v) is 4.03. The number of aromatic nitrogens is 4. The Bertz CT molecular complexity index is 1120. The molecule has 0 aliphatic heterocycles. The van der Waals surface area contributed by atoms with Gasteiger partial charge in [0.05, 0.1) is 6.54 Å². The van der Waals surface area contributed by atoms with Gasteiger partial charge in [0.25, 0.3) is 11.4 Å². The maximum absolute atomic E-state index is 12.9. The van der Waals surface area contributed by atoms with E-state index in [0.717, 1.165) is 5.56 Å². The second kappa shape index (κ2) is 7.83. The second-order valence-corrected chi connectivity index (χ2v) is 5.88. The molecule has 0 aliphatic rings. The van der Waals surface area contributed by atoms with Crippen LogP contribution in [0.5, 0.6) is 5.75 Å². The summed E-state index contributed by atoms with van der Waals surface area (Å²) in [6, 6.07) is 12.6. The summed E-state index contributed by atoms with van der Waals surface area (Å²) in [5.41, 5.74) is 0.779. The van der Waals surface area contributed by atoms with Crippen LogP contribution in [-0.4, -0.2) is 26.3 Å². The number of ether oxygens (including phenoxy) is 1. The van der Waals surface area contributed by atoms with E-state index >= 15 is 0 Å². The first-order valence-electron chi connectivity index (χ1n) is 8.53. The van der Waals surface area contributed by atoms with E-state index in [-0.39, 0.29) is 23.9 Å². The van der Waals surface area contributed by atoms with Gasteiger partial charge in [0.1, 0.15) is 23.7 Å². The molecule has 0 radical (unpaired) electrons. The molecule has 0 saturated carbocycles. The Labute approximate surface area is 159 Å². The van der Waals surface area contributed by atoms with E-state index in [0.29, 0.717) is 23.7 Å². The summed E-state index contributed by atoms with van der Waals surface area (Å²) in [7, 11) is 0. The van der Waals surface area contributed by atoms with Crippen LogP contribution in [0.4, 0.5) is 4.39 Å². The van der Waals surface area contributed by atoms with Crippen molar-refractivity contribution in [2.24, 2.45) is 0 Å². The van der Waals surface area contributed by atoms with Crippen LogP contribution in [0.25, 0.3) is 22.8 Å². The van der Waals surface area contributed by atoms with Crippen LogP contribution >= 0.6 is 0 Å². The molecular weight excluding hydrogens is 363 g/mol. The van der Waals surface area contributed by atoms with Crippen molar-refractivity contribution in [3.63, 3.8) is 0 Å². The van der Waals surface area contributed by atoms with Crippen LogP contribution in [0.1, 0.15) is 0 Å². The van der Waals surface area contributed by atoms with Crippen LogP contribution in [0.3, 0.4) is 0 Å². The minimum Gasteiger partial charge on any atom is -0.492 e. The number of pyridine rings is 2. The third kappa shape index (κ3) is 3.80. The van der Waals surface area contributed by atoms with Crippen LogP contribution in [0.2, 0.25) is 0 Å². The van der Waals surface area contributed by atoms with Crippen LogP contribution in [0, 0.1) is 5.82 Å². The summed E-state index contributed by atoms with van der Waals surface area (Å²) >= 11 is 0. The molecule has 4 aromatic rings. The minimum atomic E-state index is -0.332. The minimum absolute atomic E-state index is 0.144. The molecule has 0 bridgehead atoms. The molecule has 0 fully saturated rings. The van der Waals surface area contributed by atoms with Crippen LogP contribution < -0.4 is 10.3 Å². The maximum atomic E-state index is 12.9. The highest BCUT2D eigenvalue weighted by Gasteiger charge is 2.14. The highest BCUT2D eigenvalue weighted by molar-refractivity contribution is 5.58. The lowest BCUT2D eigenvalue weighted by Crippen LogP contribution is -2.23. The van der Waals surface area contributed by atoms with E-state index in [2.05, 4.69) is 15.1 Å². The van der Waals surface area contributed by atoms with Crippen molar-refractivity contribution in [1.29, 1.82) is 0 Å². The molecule has 0 amide bonds. The largest absolute Gasteiger partial charge is 0.492 e. The Morgan fingerprint density at radius 1 is 1.07 bits per heavy atom. The maximum Gasteiger partial charge on any atom is 0.263 e. The molecule has 0 aliphatic carbocycles. The van der Waals surface area contributed by atoms with Crippen molar-refractivity contribution in [1.82, 2.24) is 19.7 Å². The summed E-state index contributed by atoms with van der Waals surface area (Å²) in [4.78, 5) is 21.0. The molecule has 0 unspecified atom stereocenters. The average molecular weight is 378 g/mol. The molecule has 3 heterocycles. The first kappa shape index (κ1) is 17.6. The summed E-state index contributed by atoms with van der Waals surface area (Å²) in [5, 5.41) is 3.93. The lowest BCUT2D eigenvalue weighted by molar-refractivity contribution is 0.296.